The molecule has 2 aromatic rings. The van der Waals surface area contributed by atoms with E-state index >= 15 is 0 Å². The van der Waals surface area contributed by atoms with E-state index in [2.05, 4.69) is 5.32 Å². The average Bonchev–Trinajstić information content (AvgIpc) is 2.70. The van der Waals surface area contributed by atoms with Crippen LogP contribution in [0.1, 0.15) is 29.6 Å². The molecule has 0 atom stereocenters. The first kappa shape index (κ1) is 19.9. The summed E-state index contributed by atoms with van der Waals surface area (Å²) in [6.07, 6.45) is 2.43. The van der Waals surface area contributed by atoms with Crippen LogP contribution >= 0.6 is 0 Å². The number of rotatable bonds is 5. The van der Waals surface area contributed by atoms with Crippen molar-refractivity contribution in [1.82, 2.24) is 4.31 Å². The standard InChI is InChI=1S/C18H18FN3O5S/c19-15-9-8-13(22(24)25)12-16(15)20-18(23)14-6-2-3-7-17(14)28(26,27)21-10-4-1-5-11-21/h2-3,6-9,12H,1,4-5,10-11H2,(H,20,23). The van der Waals surface area contributed by atoms with E-state index in [0.717, 1.165) is 37.5 Å². The molecular formula is C18H18FN3O5S. The minimum atomic E-state index is -3.89. The Hall–Kier alpha value is -2.85. The fourth-order valence-corrected chi connectivity index (χ4v) is 4.74. The van der Waals surface area contributed by atoms with Gasteiger partial charge in [0.25, 0.3) is 11.6 Å². The van der Waals surface area contributed by atoms with Crippen LogP contribution < -0.4 is 5.32 Å². The van der Waals surface area contributed by atoms with Crippen molar-refractivity contribution in [3.8, 4) is 0 Å². The summed E-state index contributed by atoms with van der Waals surface area (Å²) in [6.45, 7) is 0.746. The van der Waals surface area contributed by atoms with E-state index in [1.54, 1.807) is 0 Å². The molecule has 1 heterocycles. The Morgan fingerprint density at radius 3 is 2.46 bits per heavy atom. The third-order valence-electron chi connectivity index (χ3n) is 4.47. The van der Waals surface area contributed by atoms with Gasteiger partial charge in [-0.3, -0.25) is 14.9 Å². The second-order valence-corrected chi connectivity index (χ2v) is 8.24. The zero-order valence-corrected chi connectivity index (χ0v) is 15.6. The molecule has 0 aromatic heterocycles. The van der Waals surface area contributed by atoms with Gasteiger partial charge in [-0.05, 0) is 31.0 Å². The number of anilines is 1. The molecule has 2 aromatic carbocycles. The Balaban J connectivity index is 1.94. The number of carbonyl (C=O) groups excluding carboxylic acids is 1. The van der Waals surface area contributed by atoms with Gasteiger partial charge in [-0.15, -0.1) is 0 Å². The molecule has 1 fully saturated rings. The highest BCUT2D eigenvalue weighted by Gasteiger charge is 2.30. The van der Waals surface area contributed by atoms with Crippen molar-refractivity contribution in [1.29, 1.82) is 0 Å². The molecule has 1 aliphatic heterocycles. The Kier molecular flexibility index (Phi) is 5.71. The third-order valence-corrected chi connectivity index (χ3v) is 6.43. The Morgan fingerprint density at radius 1 is 1.11 bits per heavy atom. The van der Waals surface area contributed by atoms with Gasteiger partial charge in [-0.2, -0.15) is 4.31 Å². The first-order valence-electron chi connectivity index (χ1n) is 8.65. The molecular weight excluding hydrogens is 389 g/mol. The van der Waals surface area contributed by atoms with Gasteiger partial charge in [0.05, 0.1) is 21.1 Å². The molecule has 148 valence electrons. The zero-order valence-electron chi connectivity index (χ0n) is 14.8. The highest BCUT2D eigenvalue weighted by atomic mass is 32.2. The van der Waals surface area contributed by atoms with Gasteiger partial charge in [0.1, 0.15) is 5.82 Å². The zero-order chi connectivity index (χ0) is 20.3. The number of non-ortho nitro benzene ring substituents is 1. The number of halogens is 1. The van der Waals surface area contributed by atoms with Crippen LogP contribution in [0.2, 0.25) is 0 Å². The fraction of sp³-hybridized carbons (Fsp3) is 0.278. The largest absolute Gasteiger partial charge is 0.319 e. The van der Waals surface area contributed by atoms with Crippen molar-refractivity contribution in [3.05, 3.63) is 64.0 Å². The summed E-state index contributed by atoms with van der Waals surface area (Å²) in [5.74, 6) is -1.73. The van der Waals surface area contributed by atoms with Crippen molar-refractivity contribution in [2.24, 2.45) is 0 Å². The molecule has 0 bridgehead atoms. The molecule has 3 rings (SSSR count). The molecule has 0 radical (unpaired) electrons. The number of sulfonamides is 1. The molecule has 0 unspecified atom stereocenters. The topological polar surface area (TPSA) is 110 Å². The lowest BCUT2D eigenvalue weighted by atomic mass is 10.2. The summed E-state index contributed by atoms with van der Waals surface area (Å²) in [4.78, 5) is 22.6. The lowest BCUT2D eigenvalue weighted by molar-refractivity contribution is -0.384. The third kappa shape index (κ3) is 4.02. The summed E-state index contributed by atoms with van der Waals surface area (Å²) in [6, 6.07) is 8.36. The van der Waals surface area contributed by atoms with Crippen LogP contribution in [0.5, 0.6) is 0 Å². The number of nitro groups is 1. The SMILES string of the molecule is O=C(Nc1cc([N+](=O)[O-])ccc1F)c1ccccc1S(=O)(=O)N1CCCCC1. The summed E-state index contributed by atoms with van der Waals surface area (Å²) in [5.41, 5.74) is -0.950. The highest BCUT2D eigenvalue weighted by molar-refractivity contribution is 7.89. The van der Waals surface area contributed by atoms with Gasteiger partial charge in [0.2, 0.25) is 10.0 Å². The molecule has 1 N–H and O–H groups in total. The normalized spacial score (nSPS) is 15.2. The van der Waals surface area contributed by atoms with Gasteiger partial charge in [-0.1, -0.05) is 18.6 Å². The molecule has 1 aliphatic rings. The maximum atomic E-state index is 14.0. The number of hydrogen-bond acceptors (Lipinski definition) is 5. The number of nitro benzene ring substituents is 1. The van der Waals surface area contributed by atoms with Crippen LogP contribution in [-0.4, -0.2) is 36.6 Å². The predicted octanol–water partition coefficient (Wildman–Crippen LogP) is 3.16. The van der Waals surface area contributed by atoms with Crippen LogP contribution in [0, 0.1) is 15.9 Å². The average molecular weight is 407 g/mol. The number of amides is 1. The second-order valence-electron chi connectivity index (χ2n) is 6.34. The summed E-state index contributed by atoms with van der Waals surface area (Å²) >= 11 is 0. The molecule has 0 aliphatic carbocycles. The minimum Gasteiger partial charge on any atom is -0.319 e. The van der Waals surface area contributed by atoms with Crippen molar-refractivity contribution in [3.63, 3.8) is 0 Å². The highest BCUT2D eigenvalue weighted by Crippen LogP contribution is 2.26. The van der Waals surface area contributed by atoms with Gasteiger partial charge >= 0.3 is 0 Å². The monoisotopic (exact) mass is 407 g/mol. The van der Waals surface area contributed by atoms with Crippen LogP contribution in [0.3, 0.4) is 0 Å². The van der Waals surface area contributed by atoms with E-state index in [1.165, 1.54) is 28.6 Å². The Labute approximate surface area is 161 Å². The second kappa shape index (κ2) is 8.03. The van der Waals surface area contributed by atoms with Crippen LogP contribution in [0.15, 0.2) is 47.4 Å². The summed E-state index contributed by atoms with van der Waals surface area (Å²) in [5, 5.41) is 13.1. The van der Waals surface area contributed by atoms with Crippen molar-refractivity contribution in [2.45, 2.75) is 24.2 Å². The number of carbonyl (C=O) groups is 1. The summed E-state index contributed by atoms with van der Waals surface area (Å²) in [7, 11) is -3.89. The Bertz CT molecular complexity index is 1020. The van der Waals surface area contributed by atoms with E-state index in [0.29, 0.717) is 13.1 Å². The molecule has 1 amide bonds. The maximum absolute atomic E-state index is 14.0. The van der Waals surface area contributed by atoms with Crippen molar-refractivity contribution >= 4 is 27.3 Å². The van der Waals surface area contributed by atoms with Gasteiger partial charge in [-0.25, -0.2) is 12.8 Å². The summed E-state index contributed by atoms with van der Waals surface area (Å²) < 4.78 is 41.2. The number of piperidine rings is 1. The van der Waals surface area contributed by atoms with E-state index in [9.17, 15) is 27.7 Å². The lowest BCUT2D eigenvalue weighted by Gasteiger charge is -2.26. The number of nitrogens with one attached hydrogen (secondary N) is 1. The molecule has 0 saturated carbocycles. The smallest absolute Gasteiger partial charge is 0.271 e. The van der Waals surface area contributed by atoms with Crippen molar-refractivity contribution in [2.75, 3.05) is 18.4 Å². The number of nitrogens with zero attached hydrogens (tertiary/aromatic N) is 2. The Morgan fingerprint density at radius 2 is 1.79 bits per heavy atom. The first-order valence-corrected chi connectivity index (χ1v) is 10.1. The van der Waals surface area contributed by atoms with Crippen LogP contribution in [0.25, 0.3) is 0 Å². The van der Waals surface area contributed by atoms with Gasteiger partial charge in [0.15, 0.2) is 0 Å². The quantitative estimate of drug-likeness (QED) is 0.605. The van der Waals surface area contributed by atoms with E-state index in [-0.39, 0.29) is 10.5 Å². The molecule has 8 nitrogen and oxygen atoms in total. The number of benzene rings is 2. The maximum Gasteiger partial charge on any atom is 0.271 e. The molecule has 10 heteroatoms. The van der Waals surface area contributed by atoms with E-state index in [4.69, 9.17) is 0 Å². The molecule has 0 spiro atoms. The molecule has 1 saturated heterocycles. The van der Waals surface area contributed by atoms with E-state index < -0.39 is 38.0 Å². The lowest BCUT2D eigenvalue weighted by Crippen LogP contribution is -2.36. The minimum absolute atomic E-state index is 0.154. The first-order chi connectivity index (χ1) is 13.3. The molecule has 28 heavy (non-hydrogen) atoms. The van der Waals surface area contributed by atoms with Crippen molar-refractivity contribution < 1.29 is 22.5 Å². The van der Waals surface area contributed by atoms with Crippen LogP contribution in [-0.2, 0) is 10.0 Å². The predicted molar refractivity (Wildman–Crippen MR) is 100 cm³/mol. The van der Waals surface area contributed by atoms with Gasteiger partial charge < -0.3 is 5.32 Å². The van der Waals surface area contributed by atoms with E-state index in [1.807, 2.05) is 0 Å². The number of hydrogen-bond donors (Lipinski definition) is 1. The fourth-order valence-electron chi connectivity index (χ4n) is 3.04. The van der Waals surface area contributed by atoms with Crippen LogP contribution in [0.4, 0.5) is 15.8 Å². The van der Waals surface area contributed by atoms with Gasteiger partial charge in [0, 0.05) is 25.2 Å².